The molecule has 0 aliphatic carbocycles. The van der Waals surface area contributed by atoms with Crippen LogP contribution in [-0.2, 0) is 4.79 Å². The van der Waals surface area contributed by atoms with E-state index in [1.54, 1.807) is 31.4 Å². The van der Waals surface area contributed by atoms with Crippen LogP contribution < -0.4 is 24.8 Å². The lowest BCUT2D eigenvalue weighted by molar-refractivity contribution is -0.115. The largest absolute Gasteiger partial charge is 0.497 e. The molecule has 1 heterocycles. The third kappa shape index (κ3) is 6.15. The lowest BCUT2D eigenvalue weighted by atomic mass is 10.1. The van der Waals surface area contributed by atoms with E-state index in [1.807, 2.05) is 43.3 Å². The first-order chi connectivity index (χ1) is 17.9. The molecule has 2 amide bonds. The first-order valence-electron chi connectivity index (χ1n) is 11.5. The van der Waals surface area contributed by atoms with Gasteiger partial charge in [-0.05, 0) is 55.0 Å². The zero-order valence-corrected chi connectivity index (χ0v) is 22.5. The number of hydrogen-bond acceptors (Lipinski definition) is 8. The van der Waals surface area contributed by atoms with E-state index < -0.39 is 0 Å². The number of thiazole rings is 1. The molecule has 3 aromatic carbocycles. The van der Waals surface area contributed by atoms with E-state index in [2.05, 4.69) is 15.6 Å². The summed E-state index contributed by atoms with van der Waals surface area (Å²) in [4.78, 5) is 31.4. The van der Waals surface area contributed by atoms with Gasteiger partial charge in [-0.25, -0.2) is 4.98 Å². The number of aromatic nitrogens is 1. The Hall–Kier alpha value is -3.76. The molecule has 0 spiro atoms. The van der Waals surface area contributed by atoms with Crippen molar-refractivity contribution in [3.8, 4) is 17.2 Å². The van der Waals surface area contributed by atoms with Gasteiger partial charge in [-0.15, -0.1) is 11.8 Å². The van der Waals surface area contributed by atoms with E-state index in [0.717, 1.165) is 20.9 Å². The number of anilines is 2. The van der Waals surface area contributed by atoms with Crippen molar-refractivity contribution in [3.05, 3.63) is 66.2 Å². The summed E-state index contributed by atoms with van der Waals surface area (Å²) in [5, 5.41) is 6.04. The van der Waals surface area contributed by atoms with Crippen LogP contribution in [0.25, 0.3) is 10.2 Å². The maximum absolute atomic E-state index is 13.0. The zero-order chi connectivity index (χ0) is 26.4. The lowest BCUT2D eigenvalue weighted by Gasteiger charge is -2.15. The van der Waals surface area contributed by atoms with Crippen molar-refractivity contribution < 1.29 is 23.8 Å². The molecule has 0 radical (unpaired) electrons. The van der Waals surface area contributed by atoms with Crippen molar-refractivity contribution in [1.82, 2.24) is 4.98 Å². The quantitative estimate of drug-likeness (QED) is 0.236. The average molecular weight is 538 g/mol. The minimum absolute atomic E-state index is 0.133. The SMILES string of the molecule is CCC(Sc1cccc(NC(=O)c2c(OC)cccc2OC)c1)C(=O)Nc1nc2ccc(OC)cc2s1. The maximum atomic E-state index is 13.0. The van der Waals surface area contributed by atoms with E-state index in [9.17, 15) is 9.59 Å². The minimum atomic E-state index is -0.353. The van der Waals surface area contributed by atoms with Gasteiger partial charge in [0.25, 0.3) is 5.91 Å². The number of nitrogens with one attached hydrogen (secondary N) is 2. The van der Waals surface area contributed by atoms with Gasteiger partial charge in [0.1, 0.15) is 22.8 Å². The molecule has 1 aromatic heterocycles. The van der Waals surface area contributed by atoms with Crippen LogP contribution in [0.5, 0.6) is 17.2 Å². The van der Waals surface area contributed by atoms with Crippen LogP contribution in [0.15, 0.2) is 65.6 Å². The molecule has 10 heteroatoms. The molecule has 37 heavy (non-hydrogen) atoms. The second-order valence-electron chi connectivity index (χ2n) is 7.88. The number of carbonyl (C=O) groups is 2. The molecule has 0 aliphatic rings. The van der Waals surface area contributed by atoms with Gasteiger partial charge in [0.2, 0.25) is 5.91 Å². The number of rotatable bonds is 10. The highest BCUT2D eigenvalue weighted by Crippen LogP contribution is 2.33. The molecule has 0 saturated heterocycles. The summed E-state index contributed by atoms with van der Waals surface area (Å²) < 4.78 is 16.9. The van der Waals surface area contributed by atoms with Crippen molar-refractivity contribution in [3.63, 3.8) is 0 Å². The Morgan fingerprint density at radius 1 is 0.946 bits per heavy atom. The molecule has 0 fully saturated rings. The Morgan fingerprint density at radius 2 is 1.68 bits per heavy atom. The topological polar surface area (TPSA) is 98.8 Å². The van der Waals surface area contributed by atoms with Gasteiger partial charge in [-0.2, -0.15) is 0 Å². The summed E-state index contributed by atoms with van der Waals surface area (Å²) in [7, 11) is 4.62. The summed E-state index contributed by atoms with van der Waals surface area (Å²) in [6, 6.07) is 18.1. The second-order valence-corrected chi connectivity index (χ2v) is 10.2. The van der Waals surface area contributed by atoms with Crippen LogP contribution >= 0.6 is 23.1 Å². The summed E-state index contributed by atoms with van der Waals surface area (Å²) in [6.07, 6.45) is 0.615. The maximum Gasteiger partial charge on any atom is 0.263 e. The van der Waals surface area contributed by atoms with Gasteiger partial charge < -0.3 is 24.8 Å². The monoisotopic (exact) mass is 537 g/mol. The molecular weight excluding hydrogens is 510 g/mol. The molecule has 0 saturated carbocycles. The zero-order valence-electron chi connectivity index (χ0n) is 20.9. The van der Waals surface area contributed by atoms with E-state index in [1.165, 1.54) is 37.3 Å². The third-order valence-electron chi connectivity index (χ3n) is 5.51. The summed E-state index contributed by atoms with van der Waals surface area (Å²) >= 11 is 2.83. The van der Waals surface area contributed by atoms with Crippen LogP contribution in [0.2, 0.25) is 0 Å². The molecule has 0 bridgehead atoms. The Labute approximate surface area is 223 Å². The van der Waals surface area contributed by atoms with Gasteiger partial charge in [-0.1, -0.05) is 30.4 Å². The Balaban J connectivity index is 1.46. The third-order valence-corrected chi connectivity index (χ3v) is 7.81. The highest BCUT2D eigenvalue weighted by atomic mass is 32.2. The highest BCUT2D eigenvalue weighted by molar-refractivity contribution is 8.00. The molecule has 192 valence electrons. The van der Waals surface area contributed by atoms with E-state index in [0.29, 0.717) is 34.3 Å². The van der Waals surface area contributed by atoms with Crippen LogP contribution in [0.1, 0.15) is 23.7 Å². The van der Waals surface area contributed by atoms with Crippen molar-refractivity contribution >= 4 is 55.9 Å². The van der Waals surface area contributed by atoms with Gasteiger partial charge in [-0.3, -0.25) is 9.59 Å². The number of hydrogen-bond donors (Lipinski definition) is 2. The van der Waals surface area contributed by atoms with Crippen LogP contribution in [0.3, 0.4) is 0 Å². The summed E-state index contributed by atoms with van der Waals surface area (Å²) in [6.45, 7) is 1.96. The first-order valence-corrected chi connectivity index (χ1v) is 13.2. The fraction of sp³-hybridized carbons (Fsp3) is 0.222. The van der Waals surface area contributed by atoms with Gasteiger partial charge in [0.15, 0.2) is 5.13 Å². The van der Waals surface area contributed by atoms with Gasteiger partial charge in [0.05, 0.1) is 36.8 Å². The van der Waals surface area contributed by atoms with Gasteiger partial charge in [0, 0.05) is 10.6 Å². The van der Waals surface area contributed by atoms with E-state index in [4.69, 9.17) is 14.2 Å². The van der Waals surface area contributed by atoms with E-state index >= 15 is 0 Å². The van der Waals surface area contributed by atoms with Crippen LogP contribution in [-0.4, -0.2) is 43.4 Å². The van der Waals surface area contributed by atoms with Crippen LogP contribution in [0, 0.1) is 0 Å². The molecule has 0 aliphatic heterocycles. The summed E-state index contributed by atoms with van der Waals surface area (Å²) in [5.74, 6) is 1.09. The van der Waals surface area contributed by atoms with Crippen molar-refractivity contribution in [1.29, 1.82) is 0 Å². The standard InChI is InChI=1S/C27H27N3O5S2/c1-5-22(25(31)30-27-29-19-13-12-17(33-2)15-23(19)37-27)36-18-9-6-8-16(14-18)28-26(32)24-20(34-3)10-7-11-21(24)35-4/h6-15,22H,5H2,1-4H3,(H,28,32)(H,29,30,31). The number of amides is 2. The predicted octanol–water partition coefficient (Wildman–Crippen LogP) is 6.08. The molecule has 2 N–H and O–H groups in total. The number of fused-ring (bicyclic) bond motifs is 1. The Morgan fingerprint density at radius 3 is 2.35 bits per heavy atom. The lowest BCUT2D eigenvalue weighted by Crippen LogP contribution is -2.24. The molecule has 1 atom stereocenters. The minimum Gasteiger partial charge on any atom is -0.497 e. The average Bonchev–Trinajstić information content (AvgIpc) is 3.32. The highest BCUT2D eigenvalue weighted by Gasteiger charge is 2.21. The Bertz CT molecular complexity index is 1400. The normalized spacial score (nSPS) is 11.6. The molecule has 8 nitrogen and oxygen atoms in total. The number of carbonyl (C=O) groups excluding carboxylic acids is 2. The van der Waals surface area contributed by atoms with Crippen molar-refractivity contribution in [2.45, 2.75) is 23.5 Å². The number of benzene rings is 3. The van der Waals surface area contributed by atoms with Crippen molar-refractivity contribution in [2.75, 3.05) is 32.0 Å². The number of ether oxygens (including phenoxy) is 3. The summed E-state index contributed by atoms with van der Waals surface area (Å²) in [5.41, 5.74) is 1.71. The number of nitrogens with zero attached hydrogens (tertiary/aromatic N) is 1. The van der Waals surface area contributed by atoms with E-state index in [-0.39, 0.29) is 17.1 Å². The first kappa shape index (κ1) is 26.3. The fourth-order valence-electron chi connectivity index (χ4n) is 3.67. The number of methoxy groups -OCH3 is 3. The van der Waals surface area contributed by atoms with Crippen LogP contribution in [0.4, 0.5) is 10.8 Å². The molecule has 1 unspecified atom stereocenters. The number of thioether (sulfide) groups is 1. The Kier molecular flexibility index (Phi) is 8.52. The van der Waals surface area contributed by atoms with Crippen molar-refractivity contribution in [2.24, 2.45) is 0 Å². The van der Waals surface area contributed by atoms with Gasteiger partial charge >= 0.3 is 0 Å². The smallest absolute Gasteiger partial charge is 0.263 e. The molecule has 4 rings (SSSR count). The molecule has 4 aromatic rings. The predicted molar refractivity (Wildman–Crippen MR) is 149 cm³/mol. The second kappa shape index (κ2) is 12.0. The fourth-order valence-corrected chi connectivity index (χ4v) is 5.58. The molecular formula is C27H27N3O5S2.